The van der Waals surface area contributed by atoms with E-state index in [4.69, 9.17) is 32.7 Å². The third kappa shape index (κ3) is 2.32. The minimum absolute atomic E-state index is 0.124. The first-order chi connectivity index (χ1) is 13.6. The summed E-state index contributed by atoms with van der Waals surface area (Å²) in [7, 11) is 0. The maximum absolute atomic E-state index is 12.6. The predicted octanol–water partition coefficient (Wildman–Crippen LogP) is 3.23. The highest BCUT2D eigenvalue weighted by Gasteiger charge is 2.36. The SMILES string of the molecule is O=C1Oc2c(Cl)c3c(c(Cl)c2=C1c1ccccc1)OC(=O)C=3c1ccccc1. The Hall–Kier alpha value is -3.08. The molecule has 2 aliphatic rings. The minimum atomic E-state index is -0.554. The summed E-state index contributed by atoms with van der Waals surface area (Å²) in [6.45, 7) is 0. The van der Waals surface area contributed by atoms with Crippen molar-refractivity contribution >= 4 is 46.3 Å². The molecular weight excluding hydrogens is 399 g/mol. The van der Waals surface area contributed by atoms with Crippen LogP contribution in [0.3, 0.4) is 0 Å². The van der Waals surface area contributed by atoms with Crippen molar-refractivity contribution in [2.24, 2.45) is 0 Å². The number of benzene rings is 3. The van der Waals surface area contributed by atoms with Crippen molar-refractivity contribution in [3.8, 4) is 11.5 Å². The molecule has 0 spiro atoms. The van der Waals surface area contributed by atoms with Gasteiger partial charge in [-0.25, -0.2) is 9.59 Å². The van der Waals surface area contributed by atoms with Gasteiger partial charge in [0.2, 0.25) is 0 Å². The molecule has 0 bridgehead atoms. The molecule has 0 fully saturated rings. The van der Waals surface area contributed by atoms with E-state index in [1.54, 1.807) is 48.5 Å². The molecule has 28 heavy (non-hydrogen) atoms. The summed E-state index contributed by atoms with van der Waals surface area (Å²) < 4.78 is 10.9. The number of esters is 2. The average molecular weight is 409 g/mol. The zero-order chi connectivity index (χ0) is 19.4. The zero-order valence-electron chi connectivity index (χ0n) is 14.2. The molecule has 3 aromatic rings. The van der Waals surface area contributed by atoms with E-state index in [0.29, 0.717) is 21.6 Å². The summed E-state index contributed by atoms with van der Waals surface area (Å²) in [6.07, 6.45) is 0. The first kappa shape index (κ1) is 17.0. The fourth-order valence-corrected chi connectivity index (χ4v) is 4.14. The van der Waals surface area contributed by atoms with Gasteiger partial charge in [0.15, 0.2) is 11.5 Å². The van der Waals surface area contributed by atoms with Gasteiger partial charge in [-0.05, 0) is 11.1 Å². The van der Waals surface area contributed by atoms with Gasteiger partial charge < -0.3 is 9.47 Å². The van der Waals surface area contributed by atoms with E-state index in [9.17, 15) is 9.59 Å². The second-order valence-electron chi connectivity index (χ2n) is 6.30. The molecule has 0 saturated carbocycles. The Morgan fingerprint density at radius 3 is 1.29 bits per heavy atom. The molecule has 0 atom stereocenters. The predicted molar refractivity (Wildman–Crippen MR) is 105 cm³/mol. The summed E-state index contributed by atoms with van der Waals surface area (Å²) in [5.74, 6) is -0.829. The first-order valence-corrected chi connectivity index (χ1v) is 9.18. The van der Waals surface area contributed by atoms with Crippen molar-refractivity contribution in [2.75, 3.05) is 0 Å². The number of rotatable bonds is 2. The van der Waals surface area contributed by atoms with E-state index in [0.717, 1.165) is 0 Å². The smallest absolute Gasteiger partial charge is 0.345 e. The van der Waals surface area contributed by atoms with Crippen LogP contribution in [0.25, 0.3) is 11.1 Å². The highest BCUT2D eigenvalue weighted by molar-refractivity contribution is 6.39. The highest BCUT2D eigenvalue weighted by atomic mass is 35.5. The Balaban J connectivity index is 1.93. The fourth-order valence-electron chi connectivity index (χ4n) is 3.51. The Bertz CT molecular complexity index is 1190. The van der Waals surface area contributed by atoms with Crippen LogP contribution in [0.1, 0.15) is 11.1 Å². The largest absolute Gasteiger partial charge is 0.421 e. The van der Waals surface area contributed by atoms with Crippen LogP contribution in [-0.2, 0) is 9.59 Å². The topological polar surface area (TPSA) is 52.6 Å². The van der Waals surface area contributed by atoms with Crippen LogP contribution in [0, 0.1) is 0 Å². The van der Waals surface area contributed by atoms with Crippen LogP contribution in [0.15, 0.2) is 60.7 Å². The number of fused-ring (bicyclic) bond motifs is 2. The number of halogens is 2. The normalized spacial score (nSPS) is 14.6. The molecule has 0 aliphatic carbocycles. The maximum atomic E-state index is 12.6. The van der Waals surface area contributed by atoms with Crippen molar-refractivity contribution in [3.05, 3.63) is 92.3 Å². The summed E-state index contributed by atoms with van der Waals surface area (Å²) in [4.78, 5) is 25.2. The van der Waals surface area contributed by atoms with E-state index in [-0.39, 0.29) is 32.7 Å². The van der Waals surface area contributed by atoms with E-state index in [2.05, 4.69) is 0 Å². The Morgan fingerprint density at radius 1 is 0.571 bits per heavy atom. The lowest BCUT2D eigenvalue weighted by Crippen LogP contribution is -2.15. The van der Waals surface area contributed by atoms with Gasteiger partial charge in [0.05, 0.1) is 31.6 Å². The molecule has 3 aromatic carbocycles. The molecule has 2 aliphatic heterocycles. The lowest BCUT2D eigenvalue weighted by Gasteiger charge is -2.04. The van der Waals surface area contributed by atoms with Gasteiger partial charge in [-0.1, -0.05) is 83.9 Å². The standard InChI is InChI=1S/C22H10Cl2O4/c23-17-15-13(11-7-3-1-4-8-11)21(25)27-19(15)18(24)16-14(22(26)28-20(16)17)12-9-5-2-6-10-12/h1-10H. The Kier molecular flexibility index (Phi) is 3.79. The molecular formula is C22H10Cl2O4. The van der Waals surface area contributed by atoms with Crippen molar-refractivity contribution in [2.45, 2.75) is 0 Å². The van der Waals surface area contributed by atoms with Gasteiger partial charge >= 0.3 is 11.9 Å². The molecule has 2 heterocycles. The molecule has 6 heteroatoms. The number of ether oxygens (including phenoxy) is 2. The molecule has 0 radical (unpaired) electrons. The van der Waals surface area contributed by atoms with E-state index in [1.165, 1.54) is 0 Å². The van der Waals surface area contributed by atoms with Crippen molar-refractivity contribution in [1.29, 1.82) is 0 Å². The van der Waals surface area contributed by atoms with Gasteiger partial charge in [-0.2, -0.15) is 0 Å². The van der Waals surface area contributed by atoms with E-state index < -0.39 is 11.9 Å². The molecule has 5 rings (SSSR count). The average Bonchev–Trinajstić information content (AvgIpc) is 3.25. The van der Waals surface area contributed by atoms with Crippen LogP contribution in [0.5, 0.6) is 11.5 Å². The summed E-state index contributed by atoms with van der Waals surface area (Å²) in [5, 5.41) is 0.921. The molecule has 0 aromatic heterocycles. The summed E-state index contributed by atoms with van der Waals surface area (Å²) in [5.41, 5.74) is 1.85. The number of carbonyl (C=O) groups excluding carboxylic acids is 2. The molecule has 4 nitrogen and oxygen atoms in total. The highest BCUT2D eigenvalue weighted by Crippen LogP contribution is 2.36. The van der Waals surface area contributed by atoms with Gasteiger partial charge in [0.25, 0.3) is 0 Å². The van der Waals surface area contributed by atoms with Crippen LogP contribution in [-0.4, -0.2) is 11.9 Å². The van der Waals surface area contributed by atoms with Crippen LogP contribution < -0.4 is 19.9 Å². The maximum Gasteiger partial charge on any atom is 0.345 e. The molecule has 0 unspecified atom stereocenters. The zero-order valence-corrected chi connectivity index (χ0v) is 15.7. The minimum Gasteiger partial charge on any atom is -0.421 e. The van der Waals surface area contributed by atoms with Gasteiger partial charge in [-0.15, -0.1) is 0 Å². The second kappa shape index (κ2) is 6.23. The number of carbonyl (C=O) groups is 2. The lowest BCUT2D eigenvalue weighted by molar-refractivity contribution is -0.128. The number of hydrogen-bond donors (Lipinski definition) is 0. The van der Waals surface area contributed by atoms with Gasteiger partial charge in [0, 0.05) is 0 Å². The first-order valence-electron chi connectivity index (χ1n) is 8.42. The molecule has 136 valence electrons. The molecule has 0 amide bonds. The summed E-state index contributed by atoms with van der Waals surface area (Å²) >= 11 is 13.2. The molecule has 0 N–H and O–H groups in total. The van der Waals surface area contributed by atoms with Crippen LogP contribution in [0.4, 0.5) is 0 Å². The van der Waals surface area contributed by atoms with Crippen molar-refractivity contribution in [1.82, 2.24) is 0 Å². The number of hydrogen-bond acceptors (Lipinski definition) is 4. The van der Waals surface area contributed by atoms with E-state index in [1.807, 2.05) is 12.1 Å². The van der Waals surface area contributed by atoms with Crippen molar-refractivity contribution in [3.63, 3.8) is 0 Å². The Morgan fingerprint density at radius 2 is 0.929 bits per heavy atom. The third-order valence-corrected chi connectivity index (χ3v) is 5.44. The van der Waals surface area contributed by atoms with E-state index >= 15 is 0 Å². The van der Waals surface area contributed by atoms with Gasteiger partial charge in [-0.3, -0.25) is 0 Å². The summed E-state index contributed by atoms with van der Waals surface area (Å²) in [6, 6.07) is 18.0. The Labute approximate surface area is 169 Å². The van der Waals surface area contributed by atoms with Crippen LogP contribution in [0.2, 0.25) is 10.0 Å². The van der Waals surface area contributed by atoms with Crippen LogP contribution >= 0.6 is 23.2 Å². The monoisotopic (exact) mass is 408 g/mol. The van der Waals surface area contributed by atoms with Crippen molar-refractivity contribution < 1.29 is 19.1 Å². The fraction of sp³-hybridized carbons (Fsp3) is 0. The van der Waals surface area contributed by atoms with Gasteiger partial charge in [0.1, 0.15) is 0 Å². The quantitative estimate of drug-likeness (QED) is 0.482. The second-order valence-corrected chi connectivity index (χ2v) is 7.05. The third-order valence-electron chi connectivity index (χ3n) is 4.71. The molecule has 0 saturated heterocycles. The lowest BCUT2D eigenvalue weighted by atomic mass is 10.0.